The van der Waals surface area contributed by atoms with Crippen molar-refractivity contribution in [3.8, 4) is 5.75 Å². The highest BCUT2D eigenvalue weighted by Gasteiger charge is 2.13. The van der Waals surface area contributed by atoms with Crippen LogP contribution in [0.1, 0.15) is 13.8 Å². The second-order valence-electron chi connectivity index (χ2n) is 3.12. The highest BCUT2D eigenvalue weighted by Crippen LogP contribution is 2.22. The summed E-state index contributed by atoms with van der Waals surface area (Å²) in [7, 11) is 0. The Hall–Kier alpha value is -1.36. The molecule has 0 amide bonds. The summed E-state index contributed by atoms with van der Waals surface area (Å²) in [5, 5.41) is 0. The predicted octanol–water partition coefficient (Wildman–Crippen LogP) is 3.39. The van der Waals surface area contributed by atoms with Crippen molar-refractivity contribution in [2.24, 2.45) is 0 Å². The Labute approximate surface area is 107 Å². The lowest BCUT2D eigenvalue weighted by Gasteiger charge is -2.08. The van der Waals surface area contributed by atoms with Crippen LogP contribution in [-0.2, 0) is 9.53 Å². The van der Waals surface area contributed by atoms with Crippen LogP contribution in [0.15, 0.2) is 34.5 Å². The average Bonchev–Trinajstić information content (AvgIpc) is 2.31. The second kappa shape index (κ2) is 6.39. The Bertz CT molecular complexity index is 443. The van der Waals surface area contributed by atoms with Gasteiger partial charge in [-0.1, -0.05) is 12.1 Å². The number of ether oxygens (including phenoxy) is 2. The minimum atomic E-state index is -0.540. The van der Waals surface area contributed by atoms with Crippen molar-refractivity contribution in [3.63, 3.8) is 0 Å². The molecule has 1 aromatic rings. The van der Waals surface area contributed by atoms with E-state index in [-0.39, 0.29) is 22.6 Å². The maximum atomic E-state index is 13.3. The van der Waals surface area contributed by atoms with Crippen molar-refractivity contribution in [2.75, 3.05) is 6.61 Å². The summed E-state index contributed by atoms with van der Waals surface area (Å²) >= 11 is 3.05. The highest BCUT2D eigenvalue weighted by molar-refractivity contribution is 9.12. The van der Waals surface area contributed by atoms with E-state index in [1.165, 1.54) is 12.1 Å². The minimum absolute atomic E-state index is 0.0613. The highest BCUT2D eigenvalue weighted by atomic mass is 79.9. The number of halogens is 2. The number of hydrogen-bond acceptors (Lipinski definition) is 3. The average molecular weight is 303 g/mol. The van der Waals surface area contributed by atoms with Gasteiger partial charge in [0.1, 0.15) is 10.2 Å². The van der Waals surface area contributed by atoms with Crippen molar-refractivity contribution >= 4 is 21.9 Å². The van der Waals surface area contributed by atoms with E-state index in [1.54, 1.807) is 26.0 Å². The molecular weight excluding hydrogens is 291 g/mol. The van der Waals surface area contributed by atoms with Gasteiger partial charge in [0, 0.05) is 0 Å². The lowest BCUT2D eigenvalue weighted by Crippen LogP contribution is -2.07. The largest absolute Gasteiger partial charge is 0.462 e. The third kappa shape index (κ3) is 3.85. The third-order valence-electron chi connectivity index (χ3n) is 1.86. The van der Waals surface area contributed by atoms with Crippen molar-refractivity contribution in [1.29, 1.82) is 0 Å². The van der Waals surface area contributed by atoms with Crippen LogP contribution in [0.3, 0.4) is 0 Å². The summed E-state index contributed by atoms with van der Waals surface area (Å²) in [4.78, 5) is 11.4. The van der Waals surface area contributed by atoms with Gasteiger partial charge >= 0.3 is 5.97 Å². The summed E-state index contributed by atoms with van der Waals surface area (Å²) in [5.41, 5.74) is 0. The van der Waals surface area contributed by atoms with Gasteiger partial charge in [-0.05, 0) is 41.9 Å². The summed E-state index contributed by atoms with van der Waals surface area (Å²) in [6, 6.07) is 5.96. The molecule has 3 nitrogen and oxygen atoms in total. The minimum Gasteiger partial charge on any atom is -0.462 e. The number of allylic oxidation sites excluding steroid dienone is 1. The molecule has 0 aliphatic heterocycles. The topological polar surface area (TPSA) is 35.5 Å². The van der Waals surface area contributed by atoms with E-state index in [0.29, 0.717) is 0 Å². The zero-order valence-electron chi connectivity index (χ0n) is 9.50. The molecule has 0 N–H and O–H groups in total. The van der Waals surface area contributed by atoms with Crippen LogP contribution in [0.25, 0.3) is 0 Å². The van der Waals surface area contributed by atoms with Gasteiger partial charge in [0.15, 0.2) is 11.6 Å². The van der Waals surface area contributed by atoms with Gasteiger partial charge < -0.3 is 9.47 Å². The van der Waals surface area contributed by atoms with Crippen LogP contribution >= 0.6 is 15.9 Å². The number of benzene rings is 1. The van der Waals surface area contributed by atoms with Gasteiger partial charge in [0.2, 0.25) is 0 Å². The quantitative estimate of drug-likeness (QED) is 0.486. The van der Waals surface area contributed by atoms with Crippen LogP contribution in [0, 0.1) is 5.82 Å². The summed E-state index contributed by atoms with van der Waals surface area (Å²) < 4.78 is 23.4. The van der Waals surface area contributed by atoms with Crippen LogP contribution in [0.4, 0.5) is 4.39 Å². The monoisotopic (exact) mass is 302 g/mol. The van der Waals surface area contributed by atoms with Gasteiger partial charge in [-0.2, -0.15) is 0 Å². The first-order chi connectivity index (χ1) is 8.06. The maximum Gasteiger partial charge on any atom is 0.348 e. The van der Waals surface area contributed by atoms with Crippen LogP contribution in [0.2, 0.25) is 0 Å². The summed E-state index contributed by atoms with van der Waals surface area (Å²) in [5.74, 6) is -0.725. The molecule has 0 spiro atoms. The van der Waals surface area contributed by atoms with Crippen molar-refractivity contribution < 1.29 is 18.7 Å². The molecule has 92 valence electrons. The van der Waals surface area contributed by atoms with Crippen LogP contribution < -0.4 is 4.74 Å². The predicted molar refractivity (Wildman–Crippen MR) is 65.3 cm³/mol. The SMILES string of the molecule is CCOC(=O)/C(Br)=C(/C)Oc1ccccc1F. The fourth-order valence-electron chi connectivity index (χ4n) is 1.08. The number of carbonyl (C=O) groups is 1. The number of carbonyl (C=O) groups excluding carboxylic acids is 1. The normalized spacial score (nSPS) is 11.8. The first kappa shape index (κ1) is 13.7. The van der Waals surface area contributed by atoms with Crippen molar-refractivity contribution in [3.05, 3.63) is 40.3 Å². The molecule has 0 saturated carbocycles. The Morgan fingerprint density at radius 2 is 2.06 bits per heavy atom. The fraction of sp³-hybridized carbons (Fsp3) is 0.250. The molecule has 1 aromatic carbocycles. The summed E-state index contributed by atoms with van der Waals surface area (Å²) in [6.45, 7) is 3.51. The first-order valence-corrected chi connectivity index (χ1v) is 5.81. The van der Waals surface area contributed by atoms with Crippen molar-refractivity contribution in [1.82, 2.24) is 0 Å². The van der Waals surface area contributed by atoms with Gasteiger partial charge in [0.05, 0.1) is 6.61 Å². The molecule has 0 aliphatic carbocycles. The summed E-state index contributed by atoms with van der Waals surface area (Å²) in [6.07, 6.45) is 0. The number of para-hydroxylation sites is 1. The molecule has 0 atom stereocenters. The molecule has 0 heterocycles. The molecule has 5 heteroatoms. The zero-order valence-corrected chi connectivity index (χ0v) is 11.1. The lowest BCUT2D eigenvalue weighted by atomic mass is 10.3. The molecule has 0 aromatic heterocycles. The van der Waals surface area contributed by atoms with Gasteiger partial charge in [-0.25, -0.2) is 9.18 Å². The maximum absolute atomic E-state index is 13.3. The fourth-order valence-corrected chi connectivity index (χ4v) is 1.27. The number of rotatable bonds is 4. The Morgan fingerprint density at radius 1 is 1.41 bits per heavy atom. The number of hydrogen-bond donors (Lipinski definition) is 0. The Morgan fingerprint density at radius 3 is 2.65 bits per heavy atom. The molecule has 0 radical (unpaired) electrons. The number of esters is 1. The molecule has 0 fully saturated rings. The van der Waals surface area contributed by atoms with Gasteiger partial charge in [0.25, 0.3) is 0 Å². The van der Waals surface area contributed by atoms with Crippen molar-refractivity contribution in [2.45, 2.75) is 13.8 Å². The van der Waals surface area contributed by atoms with Crippen LogP contribution in [-0.4, -0.2) is 12.6 Å². The first-order valence-electron chi connectivity index (χ1n) is 5.02. The Kier molecular flexibility index (Phi) is 5.15. The van der Waals surface area contributed by atoms with E-state index in [2.05, 4.69) is 15.9 Å². The molecular formula is C12H12BrFO3. The molecule has 17 heavy (non-hydrogen) atoms. The Balaban J connectivity index is 2.84. The van der Waals surface area contributed by atoms with E-state index in [0.717, 1.165) is 0 Å². The smallest absolute Gasteiger partial charge is 0.348 e. The third-order valence-corrected chi connectivity index (χ3v) is 2.75. The lowest BCUT2D eigenvalue weighted by molar-refractivity contribution is -0.137. The second-order valence-corrected chi connectivity index (χ2v) is 3.92. The molecule has 0 bridgehead atoms. The van der Waals surface area contributed by atoms with Crippen LogP contribution in [0.5, 0.6) is 5.75 Å². The van der Waals surface area contributed by atoms with E-state index in [9.17, 15) is 9.18 Å². The van der Waals surface area contributed by atoms with E-state index in [4.69, 9.17) is 9.47 Å². The zero-order chi connectivity index (χ0) is 12.8. The van der Waals surface area contributed by atoms with E-state index in [1.807, 2.05) is 0 Å². The van der Waals surface area contributed by atoms with E-state index < -0.39 is 11.8 Å². The molecule has 0 unspecified atom stereocenters. The van der Waals surface area contributed by atoms with Gasteiger partial charge in [-0.15, -0.1) is 0 Å². The molecule has 0 saturated heterocycles. The van der Waals surface area contributed by atoms with E-state index >= 15 is 0 Å². The van der Waals surface area contributed by atoms with Gasteiger partial charge in [-0.3, -0.25) is 0 Å². The molecule has 0 aliphatic rings. The standard InChI is InChI=1S/C12H12BrFO3/c1-3-16-12(15)11(13)8(2)17-10-7-5-4-6-9(10)14/h4-7H,3H2,1-2H3/b11-8+. The molecule has 1 rings (SSSR count).